The van der Waals surface area contributed by atoms with E-state index in [1.54, 1.807) is 14.0 Å². The van der Waals surface area contributed by atoms with Gasteiger partial charge in [0.25, 0.3) is 0 Å². The zero-order chi connectivity index (χ0) is 30.6. The van der Waals surface area contributed by atoms with Gasteiger partial charge in [-0.1, -0.05) is 48.5 Å². The van der Waals surface area contributed by atoms with Crippen LogP contribution in [0, 0.1) is 5.92 Å². The molecule has 5 rings (SSSR count). The molecule has 1 unspecified atom stereocenters. The molecule has 3 aromatic rings. The van der Waals surface area contributed by atoms with Gasteiger partial charge in [0, 0.05) is 62.3 Å². The summed E-state index contributed by atoms with van der Waals surface area (Å²) in [5, 5.41) is 6.51. The van der Waals surface area contributed by atoms with Crippen LogP contribution in [0.4, 0.5) is 5.69 Å². The van der Waals surface area contributed by atoms with Crippen LogP contribution in [0.2, 0.25) is 0 Å². The van der Waals surface area contributed by atoms with Crippen LogP contribution in [0.3, 0.4) is 0 Å². The lowest BCUT2D eigenvalue weighted by Gasteiger charge is -2.33. The fourth-order valence-electron chi connectivity index (χ4n) is 6.20. The number of anilines is 1. The van der Waals surface area contributed by atoms with Crippen LogP contribution in [0.1, 0.15) is 48.8 Å². The van der Waals surface area contributed by atoms with Gasteiger partial charge in [0.2, 0.25) is 5.91 Å². The number of methoxy groups -OCH3 is 1. The predicted octanol–water partition coefficient (Wildman–Crippen LogP) is 5.31. The van der Waals surface area contributed by atoms with Crippen molar-refractivity contribution in [3.8, 4) is 11.5 Å². The number of nitrogens with one attached hydrogen (secondary N) is 2. The van der Waals surface area contributed by atoms with Crippen LogP contribution in [-0.4, -0.2) is 65.1 Å². The number of rotatable bonds is 15. The van der Waals surface area contributed by atoms with Gasteiger partial charge in [-0.3, -0.25) is 4.79 Å². The monoisotopic (exact) mass is 601 g/mol. The number of amides is 1. The second-order valence-electron chi connectivity index (χ2n) is 11.8. The van der Waals surface area contributed by atoms with E-state index in [1.807, 2.05) is 24.3 Å². The van der Waals surface area contributed by atoms with Crippen molar-refractivity contribution in [2.45, 2.75) is 51.4 Å². The van der Waals surface area contributed by atoms with Gasteiger partial charge >= 0.3 is 0 Å². The maximum Gasteiger partial charge on any atom is 0.216 e. The summed E-state index contributed by atoms with van der Waals surface area (Å²) in [7, 11) is 1.68. The van der Waals surface area contributed by atoms with Gasteiger partial charge < -0.3 is 34.5 Å². The van der Waals surface area contributed by atoms with Crippen LogP contribution < -0.4 is 25.0 Å². The standard InChI is InChI=1S/C36H47N3O5/c1-27(40)38-22-28-17-19-39(24-28)34-10-5-3-8-30(34)26-44-36-23-37-18-16-33(36)29-12-14-32(15-13-29)43-21-7-20-42-25-31-9-4-6-11-35(31)41-2/h3-6,8-15,28,33,36-37H,7,16-26H2,1-2H3,(H,38,40)/t28-,33+,36?/m0/s1. The number of ether oxygens (including phenoxy) is 4. The van der Waals surface area contributed by atoms with Gasteiger partial charge in [0.05, 0.1) is 39.6 Å². The zero-order valence-electron chi connectivity index (χ0n) is 26.1. The molecule has 1 amide bonds. The van der Waals surface area contributed by atoms with Crippen LogP contribution in [0.15, 0.2) is 72.8 Å². The first kappa shape index (κ1) is 31.8. The zero-order valence-corrected chi connectivity index (χ0v) is 26.1. The van der Waals surface area contributed by atoms with Crippen molar-refractivity contribution < 1.29 is 23.7 Å². The highest BCUT2D eigenvalue weighted by Crippen LogP contribution is 2.32. The molecule has 2 N–H and O–H groups in total. The summed E-state index contributed by atoms with van der Waals surface area (Å²) in [4.78, 5) is 13.8. The molecule has 2 fully saturated rings. The Balaban J connectivity index is 1.08. The summed E-state index contributed by atoms with van der Waals surface area (Å²) >= 11 is 0. The topological polar surface area (TPSA) is 81.3 Å². The number of hydrogen-bond donors (Lipinski definition) is 2. The molecule has 2 aliphatic heterocycles. The summed E-state index contributed by atoms with van der Waals surface area (Å²) in [5.74, 6) is 2.57. The Morgan fingerprint density at radius 2 is 1.75 bits per heavy atom. The summed E-state index contributed by atoms with van der Waals surface area (Å²) in [6, 6.07) is 25.0. The quantitative estimate of drug-likeness (QED) is 0.229. The van der Waals surface area contributed by atoms with Crippen molar-refractivity contribution in [2.24, 2.45) is 5.92 Å². The number of carbonyl (C=O) groups is 1. The van der Waals surface area contributed by atoms with Gasteiger partial charge in [-0.25, -0.2) is 0 Å². The normalized spacial score (nSPS) is 20.0. The fraction of sp³-hybridized carbons (Fsp3) is 0.472. The lowest BCUT2D eigenvalue weighted by Crippen LogP contribution is -2.41. The Bertz CT molecular complexity index is 1320. The van der Waals surface area contributed by atoms with Crippen molar-refractivity contribution in [1.29, 1.82) is 0 Å². The number of hydrogen-bond acceptors (Lipinski definition) is 7. The van der Waals surface area contributed by atoms with E-state index in [9.17, 15) is 4.79 Å². The van der Waals surface area contributed by atoms with E-state index in [4.69, 9.17) is 18.9 Å². The Morgan fingerprint density at radius 3 is 2.57 bits per heavy atom. The summed E-state index contributed by atoms with van der Waals surface area (Å²) in [5.41, 5.74) is 4.80. The molecule has 0 radical (unpaired) electrons. The first-order chi connectivity index (χ1) is 21.6. The van der Waals surface area contributed by atoms with Gasteiger partial charge in [0.1, 0.15) is 11.5 Å². The summed E-state index contributed by atoms with van der Waals surface area (Å²) in [6.45, 7) is 8.43. The highest BCUT2D eigenvalue weighted by Gasteiger charge is 2.28. The number of benzene rings is 3. The van der Waals surface area contributed by atoms with Crippen molar-refractivity contribution in [3.63, 3.8) is 0 Å². The molecule has 0 saturated carbocycles. The van der Waals surface area contributed by atoms with E-state index >= 15 is 0 Å². The average molecular weight is 602 g/mol. The van der Waals surface area contributed by atoms with Crippen molar-refractivity contribution in [3.05, 3.63) is 89.5 Å². The lowest BCUT2D eigenvalue weighted by atomic mass is 9.87. The number of piperidine rings is 1. The molecule has 2 saturated heterocycles. The molecule has 0 spiro atoms. The Hall–Kier alpha value is -3.59. The third-order valence-corrected chi connectivity index (χ3v) is 8.60. The molecule has 0 bridgehead atoms. The van der Waals surface area contributed by atoms with E-state index in [-0.39, 0.29) is 12.0 Å². The van der Waals surface area contributed by atoms with Crippen molar-refractivity contribution in [2.75, 3.05) is 57.9 Å². The van der Waals surface area contributed by atoms with E-state index in [2.05, 4.69) is 64.1 Å². The molecule has 44 heavy (non-hydrogen) atoms. The third-order valence-electron chi connectivity index (χ3n) is 8.60. The highest BCUT2D eigenvalue weighted by atomic mass is 16.5. The minimum absolute atomic E-state index is 0.0391. The van der Waals surface area contributed by atoms with E-state index in [0.717, 1.165) is 69.0 Å². The van der Waals surface area contributed by atoms with E-state index in [1.165, 1.54) is 16.8 Å². The fourth-order valence-corrected chi connectivity index (χ4v) is 6.20. The van der Waals surface area contributed by atoms with Gasteiger partial charge in [-0.2, -0.15) is 0 Å². The minimum Gasteiger partial charge on any atom is -0.496 e. The average Bonchev–Trinajstić information content (AvgIpc) is 3.54. The molecule has 8 nitrogen and oxygen atoms in total. The van der Waals surface area contributed by atoms with Gasteiger partial charge in [0.15, 0.2) is 0 Å². The molecule has 0 aliphatic carbocycles. The maximum atomic E-state index is 11.4. The first-order valence-electron chi connectivity index (χ1n) is 15.9. The van der Waals surface area contributed by atoms with Crippen molar-refractivity contribution >= 4 is 11.6 Å². The smallest absolute Gasteiger partial charge is 0.216 e. The van der Waals surface area contributed by atoms with Gasteiger partial charge in [-0.15, -0.1) is 0 Å². The molecule has 0 aromatic heterocycles. The summed E-state index contributed by atoms with van der Waals surface area (Å²) in [6.07, 6.45) is 3.03. The molecule has 2 heterocycles. The molecule has 3 aromatic carbocycles. The molecule has 236 valence electrons. The molecule has 3 atom stereocenters. The van der Waals surface area contributed by atoms with Crippen LogP contribution in [0.5, 0.6) is 11.5 Å². The van der Waals surface area contributed by atoms with Crippen molar-refractivity contribution in [1.82, 2.24) is 10.6 Å². The Kier molecular flexibility index (Phi) is 11.9. The molecular formula is C36H47N3O5. The minimum atomic E-state index is 0.0391. The highest BCUT2D eigenvalue weighted by molar-refractivity contribution is 5.72. The van der Waals surface area contributed by atoms with E-state index < -0.39 is 0 Å². The number of para-hydroxylation sites is 2. The molecule has 2 aliphatic rings. The Labute approximate surface area is 262 Å². The second-order valence-corrected chi connectivity index (χ2v) is 11.8. The largest absolute Gasteiger partial charge is 0.496 e. The number of nitrogens with zero attached hydrogens (tertiary/aromatic N) is 1. The summed E-state index contributed by atoms with van der Waals surface area (Å²) < 4.78 is 23.8. The second kappa shape index (κ2) is 16.5. The van der Waals surface area contributed by atoms with Crippen LogP contribution in [0.25, 0.3) is 0 Å². The van der Waals surface area contributed by atoms with Gasteiger partial charge in [-0.05, 0) is 55.1 Å². The maximum absolute atomic E-state index is 11.4. The third kappa shape index (κ3) is 8.97. The first-order valence-corrected chi connectivity index (χ1v) is 15.9. The SMILES string of the molecule is COc1ccccc1COCCCOc1ccc([C@H]2CCNCC2OCc2ccccc2N2CC[C@@H](CNC(C)=O)C2)cc1. The number of carbonyl (C=O) groups excluding carboxylic acids is 1. The molecular weight excluding hydrogens is 554 g/mol. The van der Waals surface area contributed by atoms with Crippen LogP contribution in [-0.2, 0) is 27.5 Å². The van der Waals surface area contributed by atoms with Crippen LogP contribution >= 0.6 is 0 Å². The Morgan fingerprint density at radius 1 is 0.955 bits per heavy atom. The predicted molar refractivity (Wildman–Crippen MR) is 173 cm³/mol. The molecule has 8 heteroatoms. The lowest BCUT2D eigenvalue weighted by molar-refractivity contribution is -0.119. The van der Waals surface area contributed by atoms with E-state index in [0.29, 0.717) is 38.3 Å².